The van der Waals surface area contributed by atoms with Gasteiger partial charge in [0.2, 0.25) is 5.91 Å². The van der Waals surface area contributed by atoms with Crippen molar-refractivity contribution in [1.29, 1.82) is 0 Å². The summed E-state index contributed by atoms with van der Waals surface area (Å²) in [4.78, 5) is 40.8. The minimum atomic E-state index is -1.22. The summed E-state index contributed by atoms with van der Waals surface area (Å²) >= 11 is 0. The van der Waals surface area contributed by atoms with Crippen LogP contribution in [0, 0.1) is 5.82 Å². The summed E-state index contributed by atoms with van der Waals surface area (Å²) in [7, 11) is 2.92. The molecule has 168 valence electrons. The zero-order valence-corrected chi connectivity index (χ0v) is 18.4. The van der Waals surface area contributed by atoms with E-state index < -0.39 is 29.2 Å². The van der Waals surface area contributed by atoms with Crippen molar-refractivity contribution in [3.8, 4) is 5.75 Å². The molecule has 1 saturated heterocycles. The number of halogens is 1. The Bertz CT molecular complexity index is 1100. The highest BCUT2D eigenvalue weighted by Gasteiger charge is 2.49. The Hall–Kier alpha value is -3.42. The van der Waals surface area contributed by atoms with Crippen LogP contribution in [0.15, 0.2) is 36.4 Å². The van der Waals surface area contributed by atoms with Crippen molar-refractivity contribution in [2.75, 3.05) is 20.7 Å². The van der Waals surface area contributed by atoms with Crippen LogP contribution < -0.4 is 10.1 Å². The minimum Gasteiger partial charge on any atom is -0.494 e. The van der Waals surface area contributed by atoms with Crippen LogP contribution in [0.5, 0.6) is 5.75 Å². The standard InChI is InChI=1S/C24H26FN3O4/c1-24(18-9-8-16-5-4-6-17(16)12-18)22(30)28(23(31)26-24)14-21(29)27(2)13-15-7-10-20(32-3)19(25)11-15/h7-12H,4-6,13-14H2,1-3H3,(H,26,31). The van der Waals surface area contributed by atoms with Gasteiger partial charge in [-0.15, -0.1) is 0 Å². The van der Waals surface area contributed by atoms with E-state index >= 15 is 0 Å². The van der Waals surface area contributed by atoms with Gasteiger partial charge in [-0.2, -0.15) is 0 Å². The highest BCUT2D eigenvalue weighted by Crippen LogP contribution is 2.32. The van der Waals surface area contributed by atoms with E-state index in [-0.39, 0.29) is 18.8 Å². The average molecular weight is 439 g/mol. The van der Waals surface area contributed by atoms with Gasteiger partial charge in [0.1, 0.15) is 12.1 Å². The molecule has 1 fully saturated rings. The van der Waals surface area contributed by atoms with Gasteiger partial charge in [0.15, 0.2) is 11.6 Å². The smallest absolute Gasteiger partial charge is 0.325 e. The van der Waals surface area contributed by atoms with Crippen LogP contribution in [-0.2, 0) is 34.5 Å². The number of carbonyl (C=O) groups is 3. The predicted octanol–water partition coefficient (Wildman–Crippen LogP) is 2.75. The van der Waals surface area contributed by atoms with Crippen LogP contribution in [0.1, 0.15) is 35.6 Å². The van der Waals surface area contributed by atoms with E-state index in [2.05, 4.69) is 5.32 Å². The molecule has 1 N–H and O–H groups in total. The number of amides is 4. The molecule has 8 heteroatoms. The number of nitrogens with one attached hydrogen (secondary N) is 1. The molecule has 1 unspecified atom stereocenters. The van der Waals surface area contributed by atoms with Gasteiger partial charge >= 0.3 is 6.03 Å². The number of methoxy groups -OCH3 is 1. The molecule has 0 saturated carbocycles. The van der Waals surface area contributed by atoms with E-state index in [1.54, 1.807) is 20.0 Å². The van der Waals surface area contributed by atoms with Gasteiger partial charge in [-0.25, -0.2) is 9.18 Å². The number of urea groups is 1. The molecule has 0 spiro atoms. The molecule has 7 nitrogen and oxygen atoms in total. The second-order valence-corrected chi connectivity index (χ2v) is 8.50. The Morgan fingerprint density at radius 2 is 1.94 bits per heavy atom. The highest BCUT2D eigenvalue weighted by atomic mass is 19.1. The fourth-order valence-corrected chi connectivity index (χ4v) is 4.35. The van der Waals surface area contributed by atoms with Gasteiger partial charge < -0.3 is 15.0 Å². The van der Waals surface area contributed by atoms with Crippen molar-refractivity contribution in [2.24, 2.45) is 0 Å². The third kappa shape index (κ3) is 3.81. The van der Waals surface area contributed by atoms with Gasteiger partial charge in [0.25, 0.3) is 5.91 Å². The number of carbonyl (C=O) groups excluding carboxylic acids is 3. The number of hydrogen-bond acceptors (Lipinski definition) is 4. The predicted molar refractivity (Wildman–Crippen MR) is 115 cm³/mol. The third-order valence-electron chi connectivity index (χ3n) is 6.31. The van der Waals surface area contributed by atoms with E-state index in [4.69, 9.17) is 4.74 Å². The molecule has 0 bridgehead atoms. The van der Waals surface area contributed by atoms with Crippen LogP contribution in [0.2, 0.25) is 0 Å². The summed E-state index contributed by atoms with van der Waals surface area (Å²) in [6.07, 6.45) is 3.07. The minimum absolute atomic E-state index is 0.118. The van der Waals surface area contributed by atoms with Crippen LogP contribution in [0.3, 0.4) is 0 Å². The number of imide groups is 1. The lowest BCUT2D eigenvalue weighted by atomic mass is 9.89. The number of likely N-dealkylation sites (N-methyl/N-ethyl adjacent to an activating group) is 1. The van der Waals surface area contributed by atoms with Gasteiger partial charge in [0.05, 0.1) is 7.11 Å². The first-order chi connectivity index (χ1) is 15.2. The second-order valence-electron chi connectivity index (χ2n) is 8.50. The Labute approximate surface area is 186 Å². The second kappa shape index (κ2) is 8.26. The zero-order chi connectivity index (χ0) is 23.0. The summed E-state index contributed by atoms with van der Waals surface area (Å²) < 4.78 is 18.8. The first-order valence-corrected chi connectivity index (χ1v) is 10.6. The maximum atomic E-state index is 13.9. The molecule has 2 aromatic carbocycles. The molecule has 2 aromatic rings. The molecular formula is C24H26FN3O4. The lowest BCUT2D eigenvalue weighted by Crippen LogP contribution is -2.43. The summed E-state index contributed by atoms with van der Waals surface area (Å²) in [6.45, 7) is 1.41. The number of hydrogen-bond donors (Lipinski definition) is 1. The quantitative estimate of drug-likeness (QED) is 0.702. The number of rotatable bonds is 6. The fourth-order valence-electron chi connectivity index (χ4n) is 4.35. The van der Waals surface area contributed by atoms with Crippen molar-refractivity contribution in [3.63, 3.8) is 0 Å². The Balaban J connectivity index is 1.46. The fraction of sp³-hybridized carbons (Fsp3) is 0.375. The van der Waals surface area contributed by atoms with Crippen LogP contribution in [-0.4, -0.2) is 48.3 Å². The van der Waals surface area contributed by atoms with Crippen LogP contribution in [0.25, 0.3) is 0 Å². The van der Waals surface area contributed by atoms with Crippen molar-refractivity contribution in [1.82, 2.24) is 15.1 Å². The van der Waals surface area contributed by atoms with Gasteiger partial charge in [-0.3, -0.25) is 14.5 Å². The maximum absolute atomic E-state index is 13.9. The number of ether oxygens (including phenoxy) is 1. The van der Waals surface area contributed by atoms with E-state index in [0.717, 1.165) is 24.2 Å². The summed E-state index contributed by atoms with van der Waals surface area (Å²) in [5, 5.41) is 2.75. The number of benzene rings is 2. The molecular weight excluding hydrogens is 413 g/mol. The van der Waals surface area contributed by atoms with Gasteiger partial charge in [-0.05, 0) is 60.6 Å². The lowest BCUT2D eigenvalue weighted by molar-refractivity contribution is -0.138. The topological polar surface area (TPSA) is 79.0 Å². The molecule has 1 aliphatic heterocycles. The van der Waals surface area contributed by atoms with E-state index in [0.29, 0.717) is 11.1 Å². The Morgan fingerprint density at radius 3 is 2.66 bits per heavy atom. The largest absolute Gasteiger partial charge is 0.494 e. The summed E-state index contributed by atoms with van der Waals surface area (Å²) in [6, 6.07) is 9.70. The number of aryl methyl sites for hydroxylation is 2. The lowest BCUT2D eigenvalue weighted by Gasteiger charge is -2.24. The molecule has 4 rings (SSSR count). The molecule has 2 aliphatic rings. The summed E-state index contributed by atoms with van der Waals surface area (Å²) in [5.74, 6) is -1.29. The molecule has 1 aliphatic carbocycles. The van der Waals surface area contributed by atoms with Crippen molar-refractivity contribution < 1.29 is 23.5 Å². The van der Waals surface area contributed by atoms with Crippen molar-refractivity contribution in [2.45, 2.75) is 38.3 Å². The van der Waals surface area contributed by atoms with E-state index in [1.165, 1.54) is 35.3 Å². The molecule has 1 atom stereocenters. The number of fused-ring (bicyclic) bond motifs is 1. The van der Waals surface area contributed by atoms with Gasteiger partial charge in [0, 0.05) is 13.6 Å². The molecule has 32 heavy (non-hydrogen) atoms. The van der Waals surface area contributed by atoms with Crippen LogP contribution in [0.4, 0.5) is 9.18 Å². The molecule has 0 aromatic heterocycles. The summed E-state index contributed by atoms with van der Waals surface area (Å²) in [5.41, 5.74) is 2.55. The van der Waals surface area contributed by atoms with E-state index in [1.807, 2.05) is 18.2 Å². The highest BCUT2D eigenvalue weighted by molar-refractivity contribution is 6.09. The molecule has 4 amide bonds. The maximum Gasteiger partial charge on any atom is 0.325 e. The van der Waals surface area contributed by atoms with Crippen molar-refractivity contribution >= 4 is 17.8 Å². The monoisotopic (exact) mass is 439 g/mol. The number of nitrogens with zero attached hydrogens (tertiary/aromatic N) is 2. The Kier molecular flexibility index (Phi) is 5.62. The Morgan fingerprint density at radius 1 is 1.19 bits per heavy atom. The normalized spacial score (nSPS) is 19.7. The SMILES string of the molecule is COc1ccc(CN(C)C(=O)CN2C(=O)NC(C)(c3ccc4c(c3)CCC4)C2=O)cc1F. The molecule has 0 radical (unpaired) electrons. The first kappa shape index (κ1) is 21.8. The zero-order valence-electron chi connectivity index (χ0n) is 18.4. The average Bonchev–Trinajstić information content (AvgIpc) is 3.32. The molecule has 1 heterocycles. The van der Waals surface area contributed by atoms with Crippen LogP contribution >= 0.6 is 0 Å². The van der Waals surface area contributed by atoms with E-state index in [9.17, 15) is 18.8 Å². The third-order valence-corrected chi connectivity index (χ3v) is 6.31. The van der Waals surface area contributed by atoms with Gasteiger partial charge in [-0.1, -0.05) is 24.3 Å². The first-order valence-electron chi connectivity index (χ1n) is 10.6. The van der Waals surface area contributed by atoms with Crippen molar-refractivity contribution in [3.05, 3.63) is 64.5 Å².